The zero-order valence-corrected chi connectivity index (χ0v) is 11.9. The first kappa shape index (κ1) is 13.7. The number of nitrogens with zero attached hydrogens (tertiary/aromatic N) is 2. The molecule has 0 saturated carbocycles. The minimum Gasteiger partial charge on any atom is -0.323 e. The highest BCUT2D eigenvalue weighted by Gasteiger charge is 2.29. The van der Waals surface area contributed by atoms with Gasteiger partial charge in [0.1, 0.15) is 11.2 Å². The summed E-state index contributed by atoms with van der Waals surface area (Å²) in [5, 5.41) is 0. The van der Waals surface area contributed by atoms with Crippen molar-refractivity contribution in [2.45, 2.75) is 25.7 Å². The maximum atomic E-state index is 12.1. The van der Waals surface area contributed by atoms with E-state index in [0.29, 0.717) is 5.69 Å². The van der Waals surface area contributed by atoms with Crippen molar-refractivity contribution >= 4 is 27.8 Å². The van der Waals surface area contributed by atoms with Gasteiger partial charge in [0, 0.05) is 5.41 Å². The Balaban J connectivity index is 2.38. The monoisotopic (exact) mass is 280 g/mol. The minimum absolute atomic E-state index is 0.0213. The van der Waals surface area contributed by atoms with Crippen molar-refractivity contribution in [3.8, 4) is 0 Å². The summed E-state index contributed by atoms with van der Waals surface area (Å²) in [7, 11) is -3.63. The van der Waals surface area contributed by atoms with E-state index in [1.54, 1.807) is 23.1 Å². The second kappa shape index (κ2) is 4.45. The summed E-state index contributed by atoms with van der Waals surface area (Å²) in [6.45, 7) is 5.61. The third-order valence-corrected chi connectivity index (χ3v) is 4.20. The molecular weight excluding hydrogens is 264 g/mol. The van der Waals surface area contributed by atoms with Crippen LogP contribution in [0.4, 0.5) is 5.69 Å². The Morgan fingerprint density at radius 1 is 1.26 bits per heavy atom. The van der Waals surface area contributed by atoms with E-state index in [0.717, 1.165) is 0 Å². The first-order chi connectivity index (χ1) is 8.72. The van der Waals surface area contributed by atoms with Crippen molar-refractivity contribution in [3.63, 3.8) is 0 Å². The Morgan fingerprint density at radius 3 is 2.53 bits per heavy atom. The first-order valence-electron chi connectivity index (χ1n) is 5.91. The molecular formula is C13H16N2O3S. The highest BCUT2D eigenvalue weighted by molar-refractivity contribution is 7.90. The zero-order chi connectivity index (χ0) is 14.3. The summed E-state index contributed by atoms with van der Waals surface area (Å²) in [6.07, 6.45) is 1.21. The van der Waals surface area contributed by atoms with Crippen LogP contribution in [0.2, 0.25) is 0 Å². The van der Waals surface area contributed by atoms with Gasteiger partial charge < -0.3 is 4.90 Å². The van der Waals surface area contributed by atoms with Crippen LogP contribution < -0.4 is 4.90 Å². The van der Waals surface area contributed by atoms with E-state index in [4.69, 9.17) is 0 Å². The lowest BCUT2D eigenvalue weighted by Gasteiger charge is -2.27. The normalized spacial score (nSPS) is 17.1. The highest BCUT2D eigenvalue weighted by Crippen LogP contribution is 2.29. The Hall–Kier alpha value is -1.69. The molecule has 5 nitrogen and oxygen atoms in total. The summed E-state index contributed by atoms with van der Waals surface area (Å²) in [4.78, 5) is 13.8. The third-order valence-electron chi connectivity index (χ3n) is 2.93. The van der Waals surface area contributed by atoms with E-state index in [9.17, 15) is 13.2 Å². The number of ketones is 1. The highest BCUT2D eigenvalue weighted by atomic mass is 32.2. The Bertz CT molecular complexity index is 642. The lowest BCUT2D eigenvalue weighted by atomic mass is 9.90. The van der Waals surface area contributed by atoms with Crippen LogP contribution >= 0.6 is 0 Å². The van der Waals surface area contributed by atoms with Gasteiger partial charge in [0.2, 0.25) is 0 Å². The van der Waals surface area contributed by atoms with Gasteiger partial charge in [0.05, 0.1) is 12.2 Å². The number of hydrogen-bond donors (Lipinski definition) is 0. The predicted octanol–water partition coefficient (Wildman–Crippen LogP) is 1.84. The van der Waals surface area contributed by atoms with Crippen LogP contribution in [0.5, 0.6) is 0 Å². The molecule has 1 aliphatic rings. The van der Waals surface area contributed by atoms with Crippen molar-refractivity contribution in [2.24, 2.45) is 9.81 Å². The molecule has 1 aromatic carbocycles. The van der Waals surface area contributed by atoms with Crippen LogP contribution in [0.25, 0.3) is 0 Å². The van der Waals surface area contributed by atoms with Crippen molar-refractivity contribution in [1.82, 2.24) is 0 Å². The van der Waals surface area contributed by atoms with Gasteiger partial charge in [-0.2, -0.15) is 8.42 Å². The van der Waals surface area contributed by atoms with E-state index < -0.39 is 15.4 Å². The van der Waals surface area contributed by atoms with Crippen molar-refractivity contribution in [3.05, 3.63) is 24.3 Å². The summed E-state index contributed by atoms with van der Waals surface area (Å²) in [5.74, 6) is 0.0213. The SMILES string of the molecule is CC(C)(C)C(=O)CN1C=NS(=O)(=O)c2ccccc21. The van der Waals surface area contributed by atoms with E-state index in [2.05, 4.69) is 4.40 Å². The molecule has 1 aromatic rings. The van der Waals surface area contributed by atoms with E-state index in [1.807, 2.05) is 20.8 Å². The third kappa shape index (κ3) is 2.68. The molecule has 0 saturated heterocycles. The number of para-hydroxylation sites is 1. The van der Waals surface area contributed by atoms with Gasteiger partial charge in [-0.25, -0.2) is 0 Å². The van der Waals surface area contributed by atoms with Crippen molar-refractivity contribution in [2.75, 3.05) is 11.4 Å². The fourth-order valence-electron chi connectivity index (χ4n) is 1.67. The van der Waals surface area contributed by atoms with Gasteiger partial charge in [-0.3, -0.25) is 4.79 Å². The molecule has 0 N–H and O–H groups in total. The molecule has 19 heavy (non-hydrogen) atoms. The van der Waals surface area contributed by atoms with Crippen LogP contribution in [-0.2, 0) is 14.8 Å². The lowest BCUT2D eigenvalue weighted by molar-refractivity contribution is -0.124. The molecule has 6 heteroatoms. The topological polar surface area (TPSA) is 66.8 Å². The largest absolute Gasteiger partial charge is 0.323 e. The molecule has 0 atom stereocenters. The molecule has 0 unspecified atom stereocenters. The van der Waals surface area contributed by atoms with Crippen LogP contribution in [-0.4, -0.2) is 27.1 Å². The van der Waals surface area contributed by atoms with Crippen LogP contribution in [0.1, 0.15) is 20.8 Å². The lowest BCUT2D eigenvalue weighted by Crippen LogP contribution is -2.37. The molecule has 1 heterocycles. The number of carbonyl (C=O) groups excluding carboxylic acids is 1. The van der Waals surface area contributed by atoms with Crippen molar-refractivity contribution < 1.29 is 13.2 Å². The van der Waals surface area contributed by atoms with Crippen molar-refractivity contribution in [1.29, 1.82) is 0 Å². The molecule has 0 bridgehead atoms. The van der Waals surface area contributed by atoms with Gasteiger partial charge in [-0.15, -0.1) is 4.40 Å². The molecule has 0 fully saturated rings. The molecule has 0 spiro atoms. The molecule has 0 radical (unpaired) electrons. The maximum Gasteiger partial charge on any atom is 0.285 e. The summed E-state index contributed by atoms with van der Waals surface area (Å²) in [5.41, 5.74) is 0.0224. The minimum atomic E-state index is -3.63. The molecule has 102 valence electrons. The summed E-state index contributed by atoms with van der Waals surface area (Å²) < 4.78 is 27.1. The average molecular weight is 280 g/mol. The number of anilines is 1. The van der Waals surface area contributed by atoms with Gasteiger partial charge in [-0.05, 0) is 12.1 Å². The van der Waals surface area contributed by atoms with E-state index >= 15 is 0 Å². The zero-order valence-electron chi connectivity index (χ0n) is 11.1. The standard InChI is InChI=1S/C13H16N2O3S/c1-13(2,3)12(16)8-15-9-14-19(17,18)11-7-5-4-6-10(11)15/h4-7,9H,8H2,1-3H3. The quantitative estimate of drug-likeness (QED) is 0.829. The molecule has 1 aliphatic heterocycles. The van der Waals surface area contributed by atoms with Crippen LogP contribution in [0, 0.1) is 5.41 Å². The number of sulfonamides is 1. The Kier molecular flexibility index (Phi) is 3.22. The Morgan fingerprint density at radius 2 is 1.89 bits per heavy atom. The number of fused-ring (bicyclic) bond motifs is 1. The molecule has 2 rings (SSSR count). The Labute approximate surface area is 113 Å². The fourth-order valence-corrected chi connectivity index (χ4v) is 2.72. The number of rotatable bonds is 2. The molecule has 0 amide bonds. The summed E-state index contributed by atoms with van der Waals surface area (Å²) >= 11 is 0. The summed E-state index contributed by atoms with van der Waals surface area (Å²) in [6, 6.07) is 6.55. The van der Waals surface area contributed by atoms with Gasteiger partial charge >= 0.3 is 0 Å². The smallest absolute Gasteiger partial charge is 0.285 e. The van der Waals surface area contributed by atoms with Crippen LogP contribution in [0.3, 0.4) is 0 Å². The van der Waals surface area contributed by atoms with E-state index in [1.165, 1.54) is 12.4 Å². The number of Topliss-reactive ketones (excluding diaryl/α,β-unsaturated/α-hetero) is 1. The molecule has 0 aromatic heterocycles. The predicted molar refractivity (Wildman–Crippen MR) is 73.9 cm³/mol. The fraction of sp³-hybridized carbons (Fsp3) is 0.385. The number of hydrogen-bond acceptors (Lipinski definition) is 4. The van der Waals surface area contributed by atoms with Gasteiger partial charge in [-0.1, -0.05) is 32.9 Å². The van der Waals surface area contributed by atoms with Crippen LogP contribution in [0.15, 0.2) is 33.6 Å². The van der Waals surface area contributed by atoms with Gasteiger partial charge in [0.25, 0.3) is 10.0 Å². The second-order valence-electron chi connectivity index (χ2n) is 5.46. The van der Waals surface area contributed by atoms with Gasteiger partial charge in [0.15, 0.2) is 5.78 Å². The first-order valence-corrected chi connectivity index (χ1v) is 7.35. The molecule has 0 aliphatic carbocycles. The second-order valence-corrected chi connectivity index (χ2v) is 7.07. The number of carbonyl (C=O) groups is 1. The number of benzene rings is 1. The van der Waals surface area contributed by atoms with E-state index in [-0.39, 0.29) is 17.2 Å². The average Bonchev–Trinajstić information content (AvgIpc) is 2.32. The maximum absolute atomic E-state index is 12.1.